The molecule has 0 spiro atoms. The van der Waals surface area contributed by atoms with Crippen LogP contribution in [0.2, 0.25) is 0 Å². The molecule has 0 heterocycles. The van der Waals surface area contributed by atoms with Crippen molar-refractivity contribution >= 4 is 0 Å². The van der Waals surface area contributed by atoms with Gasteiger partial charge in [0.25, 0.3) is 0 Å². The maximum Gasteiger partial charge on any atom is 0.0991 e. The lowest BCUT2D eigenvalue weighted by Gasteiger charge is -2.20. The molecule has 0 aliphatic carbocycles. The Balaban J connectivity index is 2.45. The van der Waals surface area contributed by atoms with Crippen LogP contribution in [-0.2, 0) is 0 Å². The molecule has 0 fully saturated rings. The summed E-state index contributed by atoms with van der Waals surface area (Å²) in [5.74, 6) is 0. The van der Waals surface area contributed by atoms with Crippen molar-refractivity contribution < 1.29 is 5.11 Å². The zero-order valence-corrected chi connectivity index (χ0v) is 11.2. The molecule has 1 rings (SSSR count). The van der Waals surface area contributed by atoms with Crippen molar-refractivity contribution in [3.05, 3.63) is 35.4 Å². The molecule has 98 valence electrons. The zero-order valence-electron chi connectivity index (χ0n) is 11.2. The van der Waals surface area contributed by atoms with Gasteiger partial charge in [0.1, 0.15) is 0 Å². The van der Waals surface area contributed by atoms with E-state index in [2.05, 4.69) is 11.4 Å². The lowest BCUT2D eigenvalue weighted by atomic mass is 10.1. The Morgan fingerprint density at radius 1 is 1.33 bits per heavy atom. The summed E-state index contributed by atoms with van der Waals surface area (Å²) in [6.45, 7) is 3.25. The van der Waals surface area contributed by atoms with Gasteiger partial charge in [-0.1, -0.05) is 12.1 Å². The summed E-state index contributed by atoms with van der Waals surface area (Å²) in [4.78, 5) is 1.96. The lowest BCUT2D eigenvalue weighted by Crippen LogP contribution is -2.36. The minimum Gasteiger partial charge on any atom is -0.390 e. The van der Waals surface area contributed by atoms with Crippen molar-refractivity contribution in [2.75, 3.05) is 27.2 Å². The highest BCUT2D eigenvalue weighted by Gasteiger charge is 2.09. The fraction of sp³-hybridized carbons (Fsp3) is 0.500. The third-order valence-corrected chi connectivity index (χ3v) is 2.78. The number of rotatable bonds is 6. The van der Waals surface area contributed by atoms with E-state index in [1.165, 1.54) is 0 Å². The van der Waals surface area contributed by atoms with Gasteiger partial charge in [-0.15, -0.1) is 0 Å². The molecule has 2 unspecified atom stereocenters. The van der Waals surface area contributed by atoms with Gasteiger partial charge in [0.2, 0.25) is 0 Å². The monoisotopic (exact) mass is 247 g/mol. The van der Waals surface area contributed by atoms with E-state index in [1.54, 1.807) is 0 Å². The van der Waals surface area contributed by atoms with Gasteiger partial charge < -0.3 is 15.3 Å². The summed E-state index contributed by atoms with van der Waals surface area (Å²) in [5, 5.41) is 21.8. The van der Waals surface area contributed by atoms with Crippen LogP contribution in [-0.4, -0.2) is 43.3 Å². The van der Waals surface area contributed by atoms with Gasteiger partial charge >= 0.3 is 0 Å². The Labute approximate surface area is 109 Å². The third-order valence-electron chi connectivity index (χ3n) is 2.78. The second kappa shape index (κ2) is 7.12. The van der Waals surface area contributed by atoms with Gasteiger partial charge in [-0.3, -0.25) is 0 Å². The van der Waals surface area contributed by atoms with Crippen molar-refractivity contribution in [2.45, 2.75) is 19.1 Å². The molecule has 2 atom stereocenters. The van der Waals surface area contributed by atoms with Crippen LogP contribution in [0.3, 0.4) is 0 Å². The molecule has 0 saturated carbocycles. The Kier molecular flexibility index (Phi) is 5.79. The van der Waals surface area contributed by atoms with Gasteiger partial charge in [0.15, 0.2) is 0 Å². The second-order valence-corrected chi connectivity index (χ2v) is 4.78. The molecule has 0 bridgehead atoms. The highest BCUT2D eigenvalue weighted by Crippen LogP contribution is 2.12. The van der Waals surface area contributed by atoms with Crippen molar-refractivity contribution in [3.8, 4) is 6.07 Å². The van der Waals surface area contributed by atoms with Crippen LogP contribution in [0.1, 0.15) is 24.1 Å². The van der Waals surface area contributed by atoms with Crippen molar-refractivity contribution in [3.63, 3.8) is 0 Å². The van der Waals surface area contributed by atoms with Crippen molar-refractivity contribution in [1.29, 1.82) is 5.26 Å². The summed E-state index contributed by atoms with van der Waals surface area (Å²) < 4.78 is 0. The number of hydrogen-bond acceptors (Lipinski definition) is 4. The number of benzene rings is 1. The van der Waals surface area contributed by atoms with E-state index in [9.17, 15) is 5.11 Å². The quantitative estimate of drug-likeness (QED) is 0.791. The largest absolute Gasteiger partial charge is 0.390 e. The molecule has 0 aliphatic heterocycles. The molecular formula is C14H21N3O. The highest BCUT2D eigenvalue weighted by atomic mass is 16.3. The second-order valence-electron chi connectivity index (χ2n) is 4.78. The van der Waals surface area contributed by atoms with Crippen molar-refractivity contribution in [2.24, 2.45) is 0 Å². The Bertz CT molecular complexity index is 394. The van der Waals surface area contributed by atoms with Gasteiger partial charge in [-0.25, -0.2) is 0 Å². The Hall–Kier alpha value is -1.41. The number of aliphatic hydroxyl groups is 1. The van der Waals surface area contributed by atoms with Crippen LogP contribution in [0, 0.1) is 11.3 Å². The molecule has 1 aromatic rings. The number of likely N-dealkylation sites (N-methyl/N-ethyl adjacent to an activating group) is 1. The number of aliphatic hydroxyl groups excluding tert-OH is 1. The average molecular weight is 247 g/mol. The first-order valence-corrected chi connectivity index (χ1v) is 6.09. The predicted molar refractivity (Wildman–Crippen MR) is 72.1 cm³/mol. The molecule has 0 aromatic heterocycles. The van der Waals surface area contributed by atoms with Gasteiger partial charge in [0, 0.05) is 19.1 Å². The van der Waals surface area contributed by atoms with E-state index in [4.69, 9.17) is 5.26 Å². The summed E-state index contributed by atoms with van der Waals surface area (Å²) in [7, 11) is 3.88. The van der Waals surface area contributed by atoms with Crippen LogP contribution < -0.4 is 5.32 Å². The minimum absolute atomic E-state index is 0.162. The zero-order chi connectivity index (χ0) is 13.5. The molecule has 0 radical (unpaired) electrons. The molecule has 0 saturated heterocycles. The van der Waals surface area contributed by atoms with E-state index < -0.39 is 0 Å². The number of nitrogens with one attached hydrogen (secondary N) is 1. The number of hydrogen-bond donors (Lipinski definition) is 2. The highest BCUT2D eigenvalue weighted by molar-refractivity contribution is 5.32. The molecule has 1 aromatic carbocycles. The van der Waals surface area contributed by atoms with Crippen LogP contribution in [0.15, 0.2) is 24.3 Å². The van der Waals surface area contributed by atoms with Crippen LogP contribution in [0.5, 0.6) is 0 Å². The smallest absolute Gasteiger partial charge is 0.0991 e. The molecule has 4 heteroatoms. The van der Waals surface area contributed by atoms with Crippen molar-refractivity contribution in [1.82, 2.24) is 10.2 Å². The molecular weight excluding hydrogens is 226 g/mol. The number of nitrogens with zero attached hydrogens (tertiary/aromatic N) is 2. The molecule has 2 N–H and O–H groups in total. The molecule has 18 heavy (non-hydrogen) atoms. The summed E-state index contributed by atoms with van der Waals surface area (Å²) in [6, 6.07) is 9.76. The first kappa shape index (κ1) is 14.7. The maximum atomic E-state index is 9.75. The Morgan fingerprint density at radius 3 is 2.44 bits per heavy atom. The van der Waals surface area contributed by atoms with E-state index in [1.807, 2.05) is 50.2 Å². The molecule has 4 nitrogen and oxygen atoms in total. The minimum atomic E-state index is -0.374. The van der Waals surface area contributed by atoms with Crippen LogP contribution in [0.4, 0.5) is 0 Å². The van der Waals surface area contributed by atoms with Gasteiger partial charge in [-0.2, -0.15) is 5.26 Å². The maximum absolute atomic E-state index is 9.75. The summed E-state index contributed by atoms with van der Waals surface area (Å²) in [6.07, 6.45) is -0.374. The fourth-order valence-corrected chi connectivity index (χ4v) is 1.76. The average Bonchev–Trinajstić information content (AvgIpc) is 2.35. The predicted octanol–water partition coefficient (Wildman–Crippen LogP) is 1.13. The summed E-state index contributed by atoms with van der Waals surface area (Å²) >= 11 is 0. The van der Waals surface area contributed by atoms with E-state index in [-0.39, 0.29) is 12.1 Å². The summed E-state index contributed by atoms with van der Waals surface area (Å²) in [5.41, 5.74) is 1.78. The molecule has 0 amide bonds. The van der Waals surface area contributed by atoms with Gasteiger partial charge in [-0.05, 0) is 38.7 Å². The van der Waals surface area contributed by atoms with E-state index in [0.29, 0.717) is 18.7 Å². The SMILES string of the molecule is CC(NCC(O)CN(C)C)c1ccc(C#N)cc1. The first-order valence-electron chi connectivity index (χ1n) is 6.09. The fourth-order valence-electron chi connectivity index (χ4n) is 1.76. The van der Waals surface area contributed by atoms with Gasteiger partial charge in [0.05, 0.1) is 17.7 Å². The van der Waals surface area contributed by atoms with Crippen LogP contribution >= 0.6 is 0 Å². The normalized spacial score (nSPS) is 14.2. The lowest BCUT2D eigenvalue weighted by molar-refractivity contribution is 0.132. The standard InChI is InChI=1S/C14H21N3O/c1-11(16-9-14(18)10-17(2)3)13-6-4-12(8-15)5-7-13/h4-7,11,14,16,18H,9-10H2,1-3H3. The first-order chi connectivity index (χ1) is 8.52. The topological polar surface area (TPSA) is 59.3 Å². The molecule has 0 aliphatic rings. The number of nitriles is 1. The third kappa shape index (κ3) is 4.84. The van der Waals surface area contributed by atoms with E-state index in [0.717, 1.165) is 5.56 Å². The Morgan fingerprint density at radius 2 is 1.94 bits per heavy atom. The van der Waals surface area contributed by atoms with E-state index >= 15 is 0 Å². The van der Waals surface area contributed by atoms with Crippen LogP contribution in [0.25, 0.3) is 0 Å².